The van der Waals surface area contributed by atoms with Crippen molar-refractivity contribution in [2.45, 2.75) is 18.2 Å². The first-order chi connectivity index (χ1) is 5.75. The molecular formula is C9H13NOS. The lowest BCUT2D eigenvalue weighted by Gasteiger charge is -2.35. The van der Waals surface area contributed by atoms with Gasteiger partial charge in [0.1, 0.15) is 5.78 Å². The van der Waals surface area contributed by atoms with E-state index in [9.17, 15) is 4.79 Å². The van der Waals surface area contributed by atoms with Gasteiger partial charge in [0.25, 0.3) is 0 Å². The Kier molecular flexibility index (Phi) is 2.24. The third-order valence-corrected chi connectivity index (χ3v) is 3.85. The summed E-state index contributed by atoms with van der Waals surface area (Å²) in [4.78, 5) is 11.1. The minimum atomic E-state index is 0.401. The molecule has 2 unspecified atom stereocenters. The van der Waals surface area contributed by atoms with Gasteiger partial charge in [0.2, 0.25) is 0 Å². The number of rotatable bonds is 0. The fourth-order valence-corrected chi connectivity index (χ4v) is 3.02. The number of hydrogen-bond acceptors (Lipinski definition) is 3. The summed E-state index contributed by atoms with van der Waals surface area (Å²) in [7, 11) is 0. The van der Waals surface area contributed by atoms with Gasteiger partial charge in [-0.05, 0) is 12.3 Å². The third-order valence-electron chi connectivity index (χ3n) is 2.45. The van der Waals surface area contributed by atoms with E-state index in [1.807, 2.05) is 0 Å². The summed E-state index contributed by atoms with van der Waals surface area (Å²) in [5.41, 5.74) is 1.24. The summed E-state index contributed by atoms with van der Waals surface area (Å²) >= 11 is 1.76. The number of carbonyl (C=O) groups is 1. The zero-order valence-electron chi connectivity index (χ0n) is 7.01. The molecule has 0 radical (unpaired) electrons. The van der Waals surface area contributed by atoms with Crippen LogP contribution in [0.4, 0.5) is 0 Å². The summed E-state index contributed by atoms with van der Waals surface area (Å²) in [6.45, 7) is 4.88. The Labute approximate surface area is 76.8 Å². The number of fused-ring (bicyclic) bond motifs is 1. The second kappa shape index (κ2) is 3.23. The predicted octanol–water partition coefficient (Wildman–Crippen LogP) is 1.18. The standard InChI is InChI=1S/C9H13NOS/c1-6-2-7-3-8(11)5-12-9(7)10-4-6/h7,9-10H,1-5H2. The van der Waals surface area contributed by atoms with E-state index in [1.165, 1.54) is 5.57 Å². The van der Waals surface area contributed by atoms with Crippen molar-refractivity contribution in [3.63, 3.8) is 0 Å². The number of Topliss-reactive ketones (excluding diaryl/α,β-unsaturated/α-hetero) is 1. The maximum Gasteiger partial charge on any atom is 0.143 e. The maximum absolute atomic E-state index is 11.1. The van der Waals surface area contributed by atoms with Crippen molar-refractivity contribution in [1.29, 1.82) is 0 Å². The van der Waals surface area contributed by atoms with Crippen molar-refractivity contribution >= 4 is 17.5 Å². The molecule has 2 atom stereocenters. The highest BCUT2D eigenvalue weighted by atomic mass is 32.2. The second-order valence-corrected chi connectivity index (χ2v) is 4.70. The van der Waals surface area contributed by atoms with Gasteiger partial charge < -0.3 is 5.32 Å². The minimum Gasteiger partial charge on any atom is -0.301 e. The van der Waals surface area contributed by atoms with Gasteiger partial charge in [0.05, 0.1) is 11.1 Å². The fourth-order valence-electron chi connectivity index (χ4n) is 1.87. The quantitative estimate of drug-likeness (QED) is 0.572. The van der Waals surface area contributed by atoms with Crippen molar-refractivity contribution in [3.05, 3.63) is 12.2 Å². The Morgan fingerprint density at radius 1 is 1.50 bits per heavy atom. The van der Waals surface area contributed by atoms with E-state index in [-0.39, 0.29) is 0 Å². The molecule has 3 heteroatoms. The molecule has 0 spiro atoms. The molecule has 2 fully saturated rings. The van der Waals surface area contributed by atoms with E-state index in [0.29, 0.717) is 22.8 Å². The first-order valence-corrected chi connectivity index (χ1v) is 5.34. The topological polar surface area (TPSA) is 29.1 Å². The molecule has 0 amide bonds. The summed E-state index contributed by atoms with van der Waals surface area (Å²) in [6.07, 6.45) is 1.79. The molecule has 2 aliphatic heterocycles. The first kappa shape index (κ1) is 8.32. The molecule has 0 aliphatic carbocycles. The van der Waals surface area contributed by atoms with Crippen LogP contribution in [0.3, 0.4) is 0 Å². The van der Waals surface area contributed by atoms with Crippen LogP contribution in [0.25, 0.3) is 0 Å². The summed E-state index contributed by atoms with van der Waals surface area (Å²) in [5, 5.41) is 3.91. The lowest BCUT2D eigenvalue weighted by molar-refractivity contribution is -0.117. The number of hydrogen-bond donors (Lipinski definition) is 1. The van der Waals surface area contributed by atoms with Crippen LogP contribution in [0.5, 0.6) is 0 Å². The van der Waals surface area contributed by atoms with Gasteiger partial charge in [-0.2, -0.15) is 0 Å². The molecule has 0 saturated carbocycles. The van der Waals surface area contributed by atoms with Crippen LogP contribution >= 0.6 is 11.8 Å². The second-order valence-electron chi connectivity index (χ2n) is 3.57. The lowest BCUT2D eigenvalue weighted by atomic mass is 9.91. The zero-order valence-corrected chi connectivity index (χ0v) is 7.82. The lowest BCUT2D eigenvalue weighted by Crippen LogP contribution is -2.44. The van der Waals surface area contributed by atoms with Gasteiger partial charge in [-0.1, -0.05) is 12.2 Å². The monoisotopic (exact) mass is 183 g/mol. The maximum atomic E-state index is 11.1. The number of piperidine rings is 1. The third kappa shape index (κ3) is 1.57. The molecule has 66 valence electrons. The predicted molar refractivity (Wildman–Crippen MR) is 51.1 cm³/mol. The highest BCUT2D eigenvalue weighted by Gasteiger charge is 2.32. The highest BCUT2D eigenvalue weighted by molar-refractivity contribution is 8.00. The fraction of sp³-hybridized carbons (Fsp3) is 0.667. The van der Waals surface area contributed by atoms with E-state index in [1.54, 1.807) is 11.8 Å². The molecule has 2 aliphatic rings. The van der Waals surface area contributed by atoms with Crippen LogP contribution in [0.2, 0.25) is 0 Å². The number of thioether (sulfide) groups is 1. The minimum absolute atomic E-state index is 0.401. The normalized spacial score (nSPS) is 36.3. The van der Waals surface area contributed by atoms with Gasteiger partial charge in [-0.15, -0.1) is 11.8 Å². The van der Waals surface area contributed by atoms with Crippen molar-refractivity contribution in [2.24, 2.45) is 5.92 Å². The van der Waals surface area contributed by atoms with Crippen LogP contribution in [-0.2, 0) is 4.79 Å². The first-order valence-electron chi connectivity index (χ1n) is 4.29. The van der Waals surface area contributed by atoms with Crippen molar-refractivity contribution in [1.82, 2.24) is 5.32 Å². The van der Waals surface area contributed by atoms with Gasteiger partial charge in [0.15, 0.2) is 0 Å². The van der Waals surface area contributed by atoms with Crippen LogP contribution in [0, 0.1) is 5.92 Å². The van der Waals surface area contributed by atoms with Crippen LogP contribution in [0.1, 0.15) is 12.8 Å². The molecule has 2 heterocycles. The number of nitrogens with one attached hydrogen (secondary N) is 1. The van der Waals surface area contributed by atoms with Gasteiger partial charge >= 0.3 is 0 Å². The van der Waals surface area contributed by atoms with E-state index in [0.717, 1.165) is 19.4 Å². The molecule has 2 rings (SSSR count). The molecule has 1 N–H and O–H groups in total. The Hall–Kier alpha value is -0.280. The van der Waals surface area contributed by atoms with E-state index >= 15 is 0 Å². The Morgan fingerprint density at radius 3 is 3.17 bits per heavy atom. The van der Waals surface area contributed by atoms with Gasteiger partial charge in [-0.25, -0.2) is 0 Å². The largest absolute Gasteiger partial charge is 0.301 e. The smallest absolute Gasteiger partial charge is 0.143 e. The van der Waals surface area contributed by atoms with E-state index in [2.05, 4.69) is 11.9 Å². The SMILES string of the molecule is C=C1CNC2SCC(=O)CC2C1. The van der Waals surface area contributed by atoms with E-state index in [4.69, 9.17) is 0 Å². The average molecular weight is 183 g/mol. The van der Waals surface area contributed by atoms with Gasteiger partial charge in [0, 0.05) is 13.0 Å². The average Bonchev–Trinajstić information content (AvgIpc) is 2.03. The van der Waals surface area contributed by atoms with E-state index < -0.39 is 0 Å². The van der Waals surface area contributed by atoms with Crippen molar-refractivity contribution in [2.75, 3.05) is 12.3 Å². The molecule has 0 bridgehead atoms. The highest BCUT2D eigenvalue weighted by Crippen LogP contribution is 2.33. The summed E-state index contributed by atoms with van der Waals surface area (Å²) < 4.78 is 0. The van der Waals surface area contributed by atoms with Crippen LogP contribution in [-0.4, -0.2) is 23.5 Å². The molecule has 0 aromatic rings. The summed E-state index contributed by atoms with van der Waals surface area (Å²) in [6, 6.07) is 0. The molecule has 0 aromatic heterocycles. The van der Waals surface area contributed by atoms with Gasteiger partial charge in [-0.3, -0.25) is 4.79 Å². The van der Waals surface area contributed by atoms with Crippen LogP contribution in [0.15, 0.2) is 12.2 Å². The zero-order chi connectivity index (χ0) is 8.55. The molecule has 2 saturated heterocycles. The Morgan fingerprint density at radius 2 is 2.33 bits per heavy atom. The molecule has 0 aromatic carbocycles. The number of ketones is 1. The molecule has 2 nitrogen and oxygen atoms in total. The molecule has 12 heavy (non-hydrogen) atoms. The van der Waals surface area contributed by atoms with Crippen molar-refractivity contribution in [3.8, 4) is 0 Å². The Balaban J connectivity index is 2.03. The molecular weight excluding hydrogens is 170 g/mol. The number of carbonyl (C=O) groups excluding carboxylic acids is 1. The Bertz CT molecular complexity index is 205. The van der Waals surface area contributed by atoms with Crippen LogP contribution < -0.4 is 5.32 Å². The van der Waals surface area contributed by atoms with Crippen molar-refractivity contribution < 1.29 is 4.79 Å². The summed E-state index contributed by atoms with van der Waals surface area (Å²) in [5.74, 6) is 1.61.